The van der Waals surface area contributed by atoms with Crippen molar-refractivity contribution in [1.29, 1.82) is 0 Å². The van der Waals surface area contributed by atoms with E-state index < -0.39 is 50.7 Å². The molecule has 2 saturated heterocycles. The Morgan fingerprint density at radius 2 is 1.45 bits per heavy atom. The molecule has 2 fully saturated rings. The van der Waals surface area contributed by atoms with Crippen LogP contribution in [0.4, 0.5) is 0 Å². The van der Waals surface area contributed by atoms with Crippen LogP contribution in [0.1, 0.15) is 23.0 Å². The van der Waals surface area contributed by atoms with Crippen molar-refractivity contribution in [2.75, 3.05) is 13.7 Å². The second kappa shape index (κ2) is 12.8. The van der Waals surface area contributed by atoms with E-state index in [0.29, 0.717) is 6.42 Å². The van der Waals surface area contributed by atoms with Crippen molar-refractivity contribution in [2.45, 2.75) is 48.5 Å². The molecular formula is C30H30O7Se. The summed E-state index contributed by atoms with van der Waals surface area (Å²) < 4.78 is 30.4. The van der Waals surface area contributed by atoms with Crippen LogP contribution in [0.3, 0.4) is 0 Å². The molecule has 3 aromatic rings. The van der Waals surface area contributed by atoms with E-state index in [1.54, 1.807) is 0 Å². The van der Waals surface area contributed by atoms with E-state index >= 15 is 0 Å². The Balaban J connectivity index is 1.39. The molecule has 0 N–H and O–H groups in total. The Kier molecular flexibility index (Phi) is 9.02. The molecule has 0 saturated carbocycles. The average Bonchev–Trinajstić information content (AvgIpc) is 2.95. The van der Waals surface area contributed by atoms with Crippen LogP contribution in [0, 0.1) is 0 Å². The first-order valence-corrected chi connectivity index (χ1v) is 14.4. The van der Waals surface area contributed by atoms with Gasteiger partial charge < -0.3 is 0 Å². The Labute approximate surface area is 228 Å². The maximum absolute atomic E-state index is 13.2. The number of rotatable bonds is 9. The summed E-state index contributed by atoms with van der Waals surface area (Å²) in [5.41, 5.74) is 2.64. The summed E-state index contributed by atoms with van der Waals surface area (Å²) in [5, 5.41) is 0. The van der Waals surface area contributed by atoms with Crippen molar-refractivity contribution < 1.29 is 33.3 Å². The van der Waals surface area contributed by atoms with Gasteiger partial charge in [0, 0.05) is 0 Å². The number of hydrogen-bond donors (Lipinski definition) is 0. The van der Waals surface area contributed by atoms with E-state index in [9.17, 15) is 9.59 Å². The van der Waals surface area contributed by atoms with Gasteiger partial charge in [-0.15, -0.1) is 0 Å². The number of esters is 1. The predicted octanol–water partition coefficient (Wildman–Crippen LogP) is 3.89. The van der Waals surface area contributed by atoms with E-state index in [1.807, 2.05) is 91.0 Å². The molecule has 8 heteroatoms. The van der Waals surface area contributed by atoms with E-state index in [-0.39, 0.29) is 23.7 Å². The third-order valence-corrected chi connectivity index (χ3v) is 8.96. The molecule has 2 aliphatic heterocycles. The summed E-state index contributed by atoms with van der Waals surface area (Å²) in [6.07, 6.45) is -2.81. The maximum atomic E-state index is 13.2. The monoisotopic (exact) mass is 582 g/mol. The van der Waals surface area contributed by atoms with Gasteiger partial charge in [0.15, 0.2) is 0 Å². The summed E-state index contributed by atoms with van der Waals surface area (Å²) in [5.74, 6) is -0.389. The molecule has 5 rings (SSSR count). The second-order valence-electron chi connectivity index (χ2n) is 9.19. The summed E-state index contributed by atoms with van der Waals surface area (Å²) >= 11 is -0.608. The zero-order chi connectivity index (χ0) is 26.3. The molecule has 0 amide bonds. The third-order valence-electron chi connectivity index (χ3n) is 6.51. The van der Waals surface area contributed by atoms with E-state index in [0.717, 1.165) is 16.7 Å². The first kappa shape index (κ1) is 26.8. The van der Waals surface area contributed by atoms with Crippen LogP contribution < -0.4 is 0 Å². The SMILES string of the molecule is CO[C@H]1O[C@@H]2COC(c3ccccc3)O[C@H]2[C@H](OC(=O)Cc2ccccc2)[C@@H]1[Se]C(=O)Cc1ccccc1. The quantitative estimate of drug-likeness (QED) is 0.280. The van der Waals surface area contributed by atoms with E-state index in [1.165, 1.54) is 7.11 Å². The van der Waals surface area contributed by atoms with Crippen molar-refractivity contribution in [3.05, 3.63) is 108 Å². The van der Waals surface area contributed by atoms with E-state index in [4.69, 9.17) is 23.7 Å². The Bertz CT molecular complexity index is 1190. The average molecular weight is 582 g/mol. The van der Waals surface area contributed by atoms with E-state index in [2.05, 4.69) is 0 Å². The second-order valence-corrected chi connectivity index (χ2v) is 11.8. The molecule has 0 bridgehead atoms. The van der Waals surface area contributed by atoms with Gasteiger partial charge in [-0.1, -0.05) is 0 Å². The zero-order valence-corrected chi connectivity index (χ0v) is 22.7. The first-order valence-electron chi connectivity index (χ1n) is 12.6. The molecule has 0 spiro atoms. The Morgan fingerprint density at radius 1 is 0.842 bits per heavy atom. The molecule has 3 aromatic carbocycles. The molecule has 38 heavy (non-hydrogen) atoms. The third kappa shape index (κ3) is 6.59. The topological polar surface area (TPSA) is 80.3 Å². The molecule has 198 valence electrons. The fourth-order valence-corrected chi connectivity index (χ4v) is 7.17. The molecule has 0 aliphatic carbocycles. The molecule has 7 nitrogen and oxygen atoms in total. The van der Waals surface area contributed by atoms with Crippen molar-refractivity contribution in [3.63, 3.8) is 0 Å². The Morgan fingerprint density at radius 3 is 2.08 bits per heavy atom. The number of carbonyl (C=O) groups excluding carboxylic acids is 2. The van der Waals surface area contributed by atoms with Gasteiger partial charge in [-0.05, 0) is 0 Å². The number of methoxy groups -OCH3 is 1. The summed E-state index contributed by atoms with van der Waals surface area (Å²) in [4.78, 5) is 25.9. The molecule has 1 unspecified atom stereocenters. The van der Waals surface area contributed by atoms with Crippen LogP contribution in [-0.4, -0.2) is 63.9 Å². The van der Waals surface area contributed by atoms with Gasteiger partial charge in [-0.25, -0.2) is 0 Å². The fraction of sp³-hybridized carbons (Fsp3) is 0.333. The van der Waals surface area contributed by atoms with Crippen molar-refractivity contribution in [2.24, 2.45) is 0 Å². The van der Waals surface area contributed by atoms with Gasteiger partial charge in [0.1, 0.15) is 0 Å². The number of fused-ring (bicyclic) bond motifs is 1. The van der Waals surface area contributed by atoms with Crippen LogP contribution in [0.5, 0.6) is 0 Å². The van der Waals surface area contributed by atoms with Crippen LogP contribution in [-0.2, 0) is 46.1 Å². The molecule has 2 heterocycles. The van der Waals surface area contributed by atoms with Crippen LogP contribution in [0.2, 0.25) is 4.82 Å². The summed E-state index contributed by atoms with van der Waals surface area (Å²) in [6, 6.07) is 28.6. The molecular weight excluding hydrogens is 551 g/mol. The van der Waals surface area contributed by atoms with Gasteiger partial charge in [0.2, 0.25) is 0 Å². The van der Waals surface area contributed by atoms with Gasteiger partial charge in [-0.3, -0.25) is 0 Å². The molecule has 6 atom stereocenters. The van der Waals surface area contributed by atoms with Crippen molar-refractivity contribution in [1.82, 2.24) is 0 Å². The van der Waals surface area contributed by atoms with Crippen molar-refractivity contribution in [3.8, 4) is 0 Å². The van der Waals surface area contributed by atoms with Crippen LogP contribution >= 0.6 is 0 Å². The molecule has 0 radical (unpaired) electrons. The number of ether oxygens (including phenoxy) is 5. The number of carbonyl (C=O) groups is 2. The molecule has 0 aromatic heterocycles. The van der Waals surface area contributed by atoms with Gasteiger partial charge in [0.25, 0.3) is 0 Å². The van der Waals surface area contributed by atoms with Crippen LogP contribution in [0.25, 0.3) is 0 Å². The number of benzene rings is 3. The summed E-state index contributed by atoms with van der Waals surface area (Å²) in [7, 11) is 1.54. The predicted molar refractivity (Wildman–Crippen MR) is 140 cm³/mol. The summed E-state index contributed by atoms with van der Waals surface area (Å²) in [6.45, 7) is 0.245. The standard InChI is InChI=1S/C30H30O7Se/c1-33-30-28(38-25(32)18-21-13-7-3-8-14-21)27(36-24(31)17-20-11-5-2-6-12-20)26-23(35-30)19-34-29(37-26)22-15-9-4-10-16-22/h2-16,23,26-30H,17-19H2,1H3/t23-,26-,27+,28+,29?,30+/m1/s1. The minimum absolute atomic E-state index is 0.0635. The van der Waals surface area contributed by atoms with Crippen LogP contribution in [0.15, 0.2) is 91.0 Å². The van der Waals surface area contributed by atoms with Gasteiger partial charge >= 0.3 is 229 Å². The number of hydrogen-bond acceptors (Lipinski definition) is 7. The fourth-order valence-electron chi connectivity index (χ4n) is 4.69. The van der Waals surface area contributed by atoms with Crippen molar-refractivity contribution >= 4 is 25.6 Å². The first-order chi connectivity index (χ1) is 18.6. The minimum atomic E-state index is -0.732. The molecule has 2 aliphatic rings. The Hall–Kier alpha value is -2.84. The zero-order valence-electron chi connectivity index (χ0n) is 21.0. The van der Waals surface area contributed by atoms with Gasteiger partial charge in [0.05, 0.1) is 0 Å². The normalized spacial score (nSPS) is 26.8. The van der Waals surface area contributed by atoms with Gasteiger partial charge in [-0.2, -0.15) is 0 Å².